The van der Waals surface area contributed by atoms with Gasteiger partial charge in [0.1, 0.15) is 0 Å². The van der Waals surface area contributed by atoms with Crippen molar-refractivity contribution in [1.82, 2.24) is 5.32 Å². The Hall–Kier alpha value is -0.540. The van der Waals surface area contributed by atoms with E-state index in [-0.39, 0.29) is 5.60 Å². The predicted octanol–water partition coefficient (Wildman–Crippen LogP) is 1.06. The van der Waals surface area contributed by atoms with Crippen molar-refractivity contribution in [3.63, 3.8) is 0 Å². The standard InChI is InChI=1S/C10H17NO2/c1-12-10(7-11-8-10)5-9-3-2-4-13-6-9/h6,11H,2-5,7-8H2,1H3. The summed E-state index contributed by atoms with van der Waals surface area (Å²) in [6.07, 6.45) is 5.27. The van der Waals surface area contributed by atoms with Crippen LogP contribution in [-0.2, 0) is 9.47 Å². The molecule has 3 heteroatoms. The average molecular weight is 183 g/mol. The third-order valence-corrected chi connectivity index (χ3v) is 2.89. The van der Waals surface area contributed by atoms with Crippen molar-refractivity contribution in [3.8, 4) is 0 Å². The van der Waals surface area contributed by atoms with Crippen LogP contribution in [0.4, 0.5) is 0 Å². The Balaban J connectivity index is 1.91. The van der Waals surface area contributed by atoms with E-state index in [1.54, 1.807) is 7.11 Å². The lowest BCUT2D eigenvalue weighted by atomic mass is 9.87. The number of nitrogens with one attached hydrogen (secondary N) is 1. The molecule has 2 aliphatic heterocycles. The topological polar surface area (TPSA) is 30.5 Å². The van der Waals surface area contributed by atoms with Crippen molar-refractivity contribution < 1.29 is 9.47 Å². The van der Waals surface area contributed by atoms with E-state index in [1.165, 1.54) is 12.0 Å². The molecule has 0 amide bonds. The molecule has 2 rings (SSSR count). The first-order valence-electron chi connectivity index (χ1n) is 4.90. The van der Waals surface area contributed by atoms with Crippen LogP contribution in [0.2, 0.25) is 0 Å². The Morgan fingerprint density at radius 1 is 1.62 bits per heavy atom. The van der Waals surface area contributed by atoms with Crippen molar-refractivity contribution in [2.24, 2.45) is 0 Å². The Labute approximate surface area is 79.1 Å². The van der Waals surface area contributed by atoms with E-state index in [0.717, 1.165) is 32.5 Å². The molecular weight excluding hydrogens is 166 g/mol. The van der Waals surface area contributed by atoms with Gasteiger partial charge in [0, 0.05) is 26.6 Å². The molecule has 1 N–H and O–H groups in total. The Morgan fingerprint density at radius 2 is 2.46 bits per heavy atom. The molecule has 0 aromatic carbocycles. The second-order valence-corrected chi connectivity index (χ2v) is 3.92. The van der Waals surface area contributed by atoms with E-state index < -0.39 is 0 Å². The van der Waals surface area contributed by atoms with Gasteiger partial charge in [-0.2, -0.15) is 0 Å². The number of ether oxygens (including phenoxy) is 2. The molecule has 13 heavy (non-hydrogen) atoms. The highest BCUT2D eigenvalue weighted by Gasteiger charge is 2.37. The molecule has 0 aliphatic carbocycles. The van der Waals surface area contributed by atoms with Crippen LogP contribution >= 0.6 is 0 Å². The van der Waals surface area contributed by atoms with Crippen LogP contribution in [0.25, 0.3) is 0 Å². The molecule has 0 aromatic rings. The highest BCUT2D eigenvalue weighted by Crippen LogP contribution is 2.28. The summed E-state index contributed by atoms with van der Waals surface area (Å²) in [5.41, 5.74) is 1.46. The second-order valence-electron chi connectivity index (χ2n) is 3.92. The summed E-state index contributed by atoms with van der Waals surface area (Å²) >= 11 is 0. The van der Waals surface area contributed by atoms with Gasteiger partial charge in [0.25, 0.3) is 0 Å². The summed E-state index contributed by atoms with van der Waals surface area (Å²) in [4.78, 5) is 0. The lowest BCUT2D eigenvalue weighted by molar-refractivity contribution is -0.0516. The van der Waals surface area contributed by atoms with Crippen molar-refractivity contribution >= 4 is 0 Å². The summed E-state index contributed by atoms with van der Waals surface area (Å²) in [6.45, 7) is 2.82. The monoisotopic (exact) mass is 183 g/mol. The predicted molar refractivity (Wildman–Crippen MR) is 50.5 cm³/mol. The number of rotatable bonds is 3. The smallest absolute Gasteiger partial charge is 0.0964 e. The maximum Gasteiger partial charge on any atom is 0.0964 e. The molecule has 0 bridgehead atoms. The molecule has 0 spiro atoms. The minimum absolute atomic E-state index is 0.0620. The number of methoxy groups -OCH3 is 1. The van der Waals surface area contributed by atoms with Crippen LogP contribution in [0.1, 0.15) is 19.3 Å². The van der Waals surface area contributed by atoms with E-state index in [1.807, 2.05) is 6.26 Å². The van der Waals surface area contributed by atoms with Gasteiger partial charge in [0.05, 0.1) is 18.5 Å². The highest BCUT2D eigenvalue weighted by atomic mass is 16.5. The Morgan fingerprint density at radius 3 is 2.92 bits per heavy atom. The van der Waals surface area contributed by atoms with Gasteiger partial charge in [0.15, 0.2) is 0 Å². The third-order valence-electron chi connectivity index (χ3n) is 2.89. The molecule has 0 unspecified atom stereocenters. The van der Waals surface area contributed by atoms with Crippen LogP contribution in [0, 0.1) is 0 Å². The summed E-state index contributed by atoms with van der Waals surface area (Å²) in [5, 5.41) is 3.25. The number of hydrogen-bond acceptors (Lipinski definition) is 3. The molecule has 74 valence electrons. The fourth-order valence-corrected chi connectivity index (χ4v) is 1.91. The van der Waals surface area contributed by atoms with E-state index in [4.69, 9.17) is 9.47 Å². The lowest BCUT2D eigenvalue weighted by Crippen LogP contribution is -2.60. The minimum Gasteiger partial charge on any atom is -0.501 e. The fraction of sp³-hybridized carbons (Fsp3) is 0.800. The Bertz CT molecular complexity index is 203. The van der Waals surface area contributed by atoms with Gasteiger partial charge < -0.3 is 14.8 Å². The van der Waals surface area contributed by atoms with E-state index in [9.17, 15) is 0 Å². The summed E-state index contributed by atoms with van der Waals surface area (Å²) < 4.78 is 10.8. The normalized spacial score (nSPS) is 25.8. The number of hydrogen-bond donors (Lipinski definition) is 1. The van der Waals surface area contributed by atoms with Crippen LogP contribution in [0.15, 0.2) is 11.8 Å². The first-order chi connectivity index (χ1) is 6.35. The van der Waals surface area contributed by atoms with Crippen molar-refractivity contribution in [3.05, 3.63) is 11.8 Å². The molecule has 1 saturated heterocycles. The first kappa shape index (κ1) is 9.03. The quantitative estimate of drug-likeness (QED) is 0.709. The van der Waals surface area contributed by atoms with E-state index in [2.05, 4.69) is 5.32 Å². The van der Waals surface area contributed by atoms with Gasteiger partial charge >= 0.3 is 0 Å². The molecule has 3 nitrogen and oxygen atoms in total. The van der Waals surface area contributed by atoms with Crippen molar-refractivity contribution in [2.75, 3.05) is 26.8 Å². The maximum absolute atomic E-state index is 5.52. The van der Waals surface area contributed by atoms with Gasteiger partial charge in [-0.25, -0.2) is 0 Å². The van der Waals surface area contributed by atoms with Gasteiger partial charge in [-0.1, -0.05) is 0 Å². The molecular formula is C10H17NO2. The SMILES string of the molecule is COC1(CC2=COCCC2)CNC1. The Kier molecular flexibility index (Phi) is 2.56. The molecule has 1 fully saturated rings. The first-order valence-corrected chi connectivity index (χ1v) is 4.90. The zero-order chi connectivity index (χ0) is 9.15. The molecule has 0 saturated carbocycles. The largest absolute Gasteiger partial charge is 0.501 e. The molecule has 0 aromatic heterocycles. The summed E-state index contributed by atoms with van der Waals surface area (Å²) in [5.74, 6) is 0. The zero-order valence-electron chi connectivity index (χ0n) is 8.14. The average Bonchev–Trinajstić information content (AvgIpc) is 2.13. The van der Waals surface area contributed by atoms with E-state index in [0.29, 0.717) is 0 Å². The molecule has 0 radical (unpaired) electrons. The third kappa shape index (κ3) is 1.86. The summed E-state index contributed by atoms with van der Waals surface area (Å²) in [6, 6.07) is 0. The van der Waals surface area contributed by atoms with Gasteiger partial charge in [-0.15, -0.1) is 0 Å². The van der Waals surface area contributed by atoms with Gasteiger partial charge in [-0.05, 0) is 18.4 Å². The molecule has 2 aliphatic rings. The van der Waals surface area contributed by atoms with Crippen LogP contribution in [-0.4, -0.2) is 32.4 Å². The van der Waals surface area contributed by atoms with Crippen LogP contribution < -0.4 is 5.32 Å². The molecule has 2 heterocycles. The highest BCUT2D eigenvalue weighted by molar-refractivity contribution is 5.10. The van der Waals surface area contributed by atoms with Crippen LogP contribution in [0.3, 0.4) is 0 Å². The fourth-order valence-electron chi connectivity index (χ4n) is 1.91. The lowest BCUT2D eigenvalue weighted by Gasteiger charge is -2.42. The van der Waals surface area contributed by atoms with E-state index >= 15 is 0 Å². The second kappa shape index (κ2) is 3.68. The van der Waals surface area contributed by atoms with Crippen molar-refractivity contribution in [1.29, 1.82) is 0 Å². The zero-order valence-corrected chi connectivity index (χ0v) is 8.14. The maximum atomic E-state index is 5.52. The van der Waals surface area contributed by atoms with Crippen molar-refractivity contribution in [2.45, 2.75) is 24.9 Å². The summed E-state index contributed by atoms with van der Waals surface area (Å²) in [7, 11) is 1.80. The van der Waals surface area contributed by atoms with Crippen LogP contribution in [0.5, 0.6) is 0 Å². The van der Waals surface area contributed by atoms with Gasteiger partial charge in [-0.3, -0.25) is 0 Å². The van der Waals surface area contributed by atoms with Gasteiger partial charge in [0.2, 0.25) is 0 Å². The minimum atomic E-state index is 0.0620. The molecule has 0 atom stereocenters.